The first-order chi connectivity index (χ1) is 9.20. The van der Waals surface area contributed by atoms with Crippen LogP contribution in [0, 0.1) is 5.82 Å². The molecule has 2 aromatic rings. The van der Waals surface area contributed by atoms with Crippen LogP contribution in [-0.4, -0.2) is 6.54 Å². The zero-order valence-electron chi connectivity index (χ0n) is 10.6. The largest absolute Gasteiger partial charge is 0.313 e. The molecule has 1 N–H and O–H groups in total. The lowest BCUT2D eigenvalue weighted by molar-refractivity contribution is 0.586. The van der Waals surface area contributed by atoms with Crippen molar-refractivity contribution >= 4 is 23.4 Å². The van der Waals surface area contributed by atoms with E-state index in [2.05, 4.69) is 5.32 Å². The molecule has 0 aromatic heterocycles. The Balaban J connectivity index is 2.23. The summed E-state index contributed by atoms with van der Waals surface area (Å²) in [6.45, 7) is 3.37. The second kappa shape index (κ2) is 6.94. The molecule has 2 rings (SSSR count). The summed E-state index contributed by atoms with van der Waals surface area (Å²) in [5.74, 6) is -0.167. The van der Waals surface area contributed by atoms with Gasteiger partial charge in [-0.1, -0.05) is 36.4 Å². The van der Waals surface area contributed by atoms with Gasteiger partial charge >= 0.3 is 0 Å². The predicted molar refractivity (Wildman–Crippen MR) is 79.4 cm³/mol. The van der Waals surface area contributed by atoms with Crippen LogP contribution in [0.3, 0.4) is 0 Å². The summed E-state index contributed by atoms with van der Waals surface area (Å²) in [4.78, 5) is 1.98. The first-order valence-electron chi connectivity index (χ1n) is 6.12. The van der Waals surface area contributed by atoms with Gasteiger partial charge in [-0.15, -0.1) is 0 Å². The molecule has 0 heterocycles. The van der Waals surface area contributed by atoms with E-state index < -0.39 is 0 Å². The molecule has 19 heavy (non-hydrogen) atoms. The van der Waals surface area contributed by atoms with Gasteiger partial charge in [-0.05, 0) is 42.9 Å². The van der Waals surface area contributed by atoms with Crippen LogP contribution >= 0.6 is 23.4 Å². The van der Waals surface area contributed by atoms with Crippen molar-refractivity contribution in [3.63, 3.8) is 0 Å². The van der Waals surface area contributed by atoms with Crippen LogP contribution in [0.25, 0.3) is 0 Å². The molecule has 0 atom stereocenters. The first-order valence-corrected chi connectivity index (χ1v) is 7.31. The summed E-state index contributed by atoms with van der Waals surface area (Å²) in [7, 11) is 0. The van der Waals surface area contributed by atoms with Crippen LogP contribution in [0.5, 0.6) is 0 Å². The molecule has 100 valence electrons. The summed E-state index contributed by atoms with van der Waals surface area (Å²) < 4.78 is 13.9. The fourth-order valence-electron chi connectivity index (χ4n) is 1.69. The molecule has 4 heteroatoms. The Bertz CT molecular complexity index is 542. The third-order valence-corrected chi connectivity index (χ3v) is 4.03. The van der Waals surface area contributed by atoms with E-state index in [1.807, 2.05) is 37.3 Å². The summed E-state index contributed by atoms with van der Waals surface area (Å²) >= 11 is 7.41. The summed E-state index contributed by atoms with van der Waals surface area (Å²) in [5.41, 5.74) is 0.712. The molecule has 0 saturated carbocycles. The van der Waals surface area contributed by atoms with Crippen LogP contribution < -0.4 is 5.32 Å². The molecule has 0 aliphatic heterocycles. The molecule has 0 bridgehead atoms. The number of nitrogens with one attached hydrogen (secondary N) is 1. The Morgan fingerprint density at radius 3 is 2.58 bits per heavy atom. The smallest absolute Gasteiger partial charge is 0.128 e. The summed E-state index contributed by atoms with van der Waals surface area (Å²) in [6.07, 6.45) is 0. The topological polar surface area (TPSA) is 12.0 Å². The van der Waals surface area contributed by atoms with Gasteiger partial charge in [0.1, 0.15) is 5.82 Å². The Labute approximate surface area is 122 Å². The van der Waals surface area contributed by atoms with E-state index in [9.17, 15) is 4.39 Å². The van der Waals surface area contributed by atoms with Gasteiger partial charge < -0.3 is 5.32 Å². The van der Waals surface area contributed by atoms with Crippen molar-refractivity contribution in [1.29, 1.82) is 0 Å². The van der Waals surface area contributed by atoms with Crippen molar-refractivity contribution in [3.8, 4) is 0 Å². The molecular formula is C15H15ClFNS. The van der Waals surface area contributed by atoms with Crippen LogP contribution in [0.15, 0.2) is 52.3 Å². The van der Waals surface area contributed by atoms with Gasteiger partial charge in [0.2, 0.25) is 0 Å². The minimum Gasteiger partial charge on any atom is -0.313 e. The van der Waals surface area contributed by atoms with Gasteiger partial charge in [0.05, 0.1) is 0 Å². The average Bonchev–Trinajstić information content (AvgIpc) is 2.41. The van der Waals surface area contributed by atoms with E-state index in [4.69, 9.17) is 11.6 Å². The van der Waals surface area contributed by atoms with Crippen molar-refractivity contribution in [2.45, 2.75) is 23.3 Å². The molecular weight excluding hydrogens is 281 g/mol. The van der Waals surface area contributed by atoms with Gasteiger partial charge in [0.15, 0.2) is 0 Å². The van der Waals surface area contributed by atoms with Crippen molar-refractivity contribution in [2.75, 3.05) is 6.54 Å². The molecule has 0 spiro atoms. The maximum absolute atomic E-state index is 13.9. The Morgan fingerprint density at radius 1 is 1.16 bits per heavy atom. The number of benzene rings is 2. The van der Waals surface area contributed by atoms with Crippen LogP contribution in [0.1, 0.15) is 12.5 Å². The van der Waals surface area contributed by atoms with Gasteiger partial charge in [0, 0.05) is 26.9 Å². The fourth-order valence-corrected chi connectivity index (χ4v) is 2.78. The number of halogens is 2. The summed E-state index contributed by atoms with van der Waals surface area (Å²) in [6, 6.07) is 12.7. The average molecular weight is 296 g/mol. The first kappa shape index (κ1) is 14.4. The normalized spacial score (nSPS) is 10.7. The molecule has 0 amide bonds. The second-order valence-electron chi connectivity index (χ2n) is 4.05. The predicted octanol–water partition coefficient (Wildman–Crippen LogP) is 4.74. The van der Waals surface area contributed by atoms with Crippen LogP contribution in [-0.2, 0) is 6.54 Å². The molecule has 0 unspecified atom stereocenters. The standard InChI is InChI=1S/C15H15ClFNS/c1-2-18-10-13-14(17)4-3-5-15(13)19-12-8-6-11(16)7-9-12/h3-9,18H,2,10H2,1H3. The highest BCUT2D eigenvalue weighted by atomic mass is 35.5. The minimum absolute atomic E-state index is 0.167. The van der Waals surface area contributed by atoms with Crippen LogP contribution in [0.2, 0.25) is 5.02 Å². The molecule has 0 aliphatic carbocycles. The highest BCUT2D eigenvalue weighted by molar-refractivity contribution is 7.99. The van der Waals surface area contributed by atoms with E-state index in [1.165, 1.54) is 6.07 Å². The van der Waals surface area contributed by atoms with Crippen molar-refractivity contribution in [3.05, 3.63) is 58.9 Å². The molecule has 0 radical (unpaired) electrons. The van der Waals surface area contributed by atoms with Gasteiger partial charge in [0.25, 0.3) is 0 Å². The van der Waals surface area contributed by atoms with E-state index in [0.717, 1.165) is 16.3 Å². The van der Waals surface area contributed by atoms with Crippen LogP contribution in [0.4, 0.5) is 4.39 Å². The van der Waals surface area contributed by atoms with Crippen molar-refractivity contribution in [2.24, 2.45) is 0 Å². The lowest BCUT2D eigenvalue weighted by Crippen LogP contribution is -2.13. The molecule has 1 nitrogen and oxygen atoms in total. The third-order valence-electron chi connectivity index (χ3n) is 2.67. The van der Waals surface area contributed by atoms with Gasteiger partial charge in [-0.25, -0.2) is 4.39 Å². The van der Waals surface area contributed by atoms with E-state index in [1.54, 1.807) is 17.8 Å². The number of hydrogen-bond acceptors (Lipinski definition) is 2. The van der Waals surface area contributed by atoms with Crippen molar-refractivity contribution < 1.29 is 4.39 Å². The van der Waals surface area contributed by atoms with E-state index in [-0.39, 0.29) is 5.82 Å². The second-order valence-corrected chi connectivity index (χ2v) is 5.60. The zero-order valence-corrected chi connectivity index (χ0v) is 12.2. The minimum atomic E-state index is -0.167. The zero-order chi connectivity index (χ0) is 13.7. The summed E-state index contributed by atoms with van der Waals surface area (Å²) in [5, 5.41) is 3.87. The molecule has 0 aliphatic rings. The highest BCUT2D eigenvalue weighted by Crippen LogP contribution is 2.32. The lowest BCUT2D eigenvalue weighted by atomic mass is 10.2. The molecule has 2 aromatic carbocycles. The third kappa shape index (κ3) is 3.96. The lowest BCUT2D eigenvalue weighted by Gasteiger charge is -2.10. The maximum atomic E-state index is 13.9. The maximum Gasteiger partial charge on any atom is 0.128 e. The fraction of sp³-hybridized carbons (Fsp3) is 0.200. The quantitative estimate of drug-likeness (QED) is 0.855. The Hall–Kier alpha value is -1.03. The Morgan fingerprint density at radius 2 is 1.89 bits per heavy atom. The molecule has 0 saturated heterocycles. The van der Waals surface area contributed by atoms with E-state index >= 15 is 0 Å². The van der Waals surface area contributed by atoms with Gasteiger partial charge in [-0.3, -0.25) is 0 Å². The van der Waals surface area contributed by atoms with Crippen molar-refractivity contribution in [1.82, 2.24) is 5.32 Å². The molecule has 0 fully saturated rings. The SMILES string of the molecule is CCNCc1c(F)cccc1Sc1ccc(Cl)cc1. The number of rotatable bonds is 5. The van der Waals surface area contributed by atoms with Gasteiger partial charge in [-0.2, -0.15) is 0 Å². The number of hydrogen-bond donors (Lipinski definition) is 1. The Kier molecular flexibility index (Phi) is 5.25. The monoisotopic (exact) mass is 295 g/mol. The highest BCUT2D eigenvalue weighted by Gasteiger charge is 2.09. The van der Waals surface area contributed by atoms with E-state index in [0.29, 0.717) is 17.1 Å².